The van der Waals surface area contributed by atoms with Gasteiger partial charge in [0.05, 0.1) is 0 Å². The zero-order valence-corrected chi connectivity index (χ0v) is 13.2. The second-order valence-corrected chi connectivity index (χ2v) is 6.69. The third-order valence-electron chi connectivity index (χ3n) is 3.94. The number of hydrazone groups is 1. The van der Waals surface area contributed by atoms with E-state index in [2.05, 4.69) is 10.1 Å². The van der Waals surface area contributed by atoms with Crippen molar-refractivity contribution in [2.75, 3.05) is 19.6 Å². The van der Waals surface area contributed by atoms with E-state index in [1.807, 2.05) is 0 Å². The summed E-state index contributed by atoms with van der Waals surface area (Å²) in [6.45, 7) is 1.03. The monoisotopic (exact) mass is 339 g/mol. The maximum atomic E-state index is 12.5. The van der Waals surface area contributed by atoms with Crippen molar-refractivity contribution >= 4 is 40.3 Å². The van der Waals surface area contributed by atoms with Crippen LogP contribution in [0.3, 0.4) is 0 Å². The molecule has 0 aromatic heterocycles. The fourth-order valence-corrected chi connectivity index (χ4v) is 4.07. The van der Waals surface area contributed by atoms with Crippen molar-refractivity contribution in [1.29, 1.82) is 0 Å². The Morgan fingerprint density at radius 1 is 1.26 bits per heavy atom. The topological polar surface area (TPSA) is 129 Å². The van der Waals surface area contributed by atoms with E-state index in [4.69, 9.17) is 10.8 Å². The van der Waals surface area contributed by atoms with Crippen LogP contribution in [0.5, 0.6) is 0 Å². The Balaban J connectivity index is 1.78. The lowest BCUT2D eigenvalue weighted by molar-refractivity contribution is -0.138. The number of amides is 2. The van der Waals surface area contributed by atoms with Gasteiger partial charge in [0, 0.05) is 13.1 Å². The highest BCUT2D eigenvalue weighted by Gasteiger charge is 2.47. The summed E-state index contributed by atoms with van der Waals surface area (Å²) >= 11 is 1.15. The minimum absolute atomic E-state index is 0.00481. The molecule has 3 rings (SSSR count). The van der Waals surface area contributed by atoms with Gasteiger partial charge in [0.2, 0.25) is 0 Å². The molecule has 0 saturated carbocycles. The van der Waals surface area contributed by atoms with E-state index < -0.39 is 23.3 Å². The molecule has 1 fully saturated rings. The Hall–Kier alpha value is -2.10. The van der Waals surface area contributed by atoms with Gasteiger partial charge in [-0.1, -0.05) is 11.8 Å². The van der Waals surface area contributed by atoms with E-state index in [-0.39, 0.29) is 18.2 Å². The first-order valence-electron chi connectivity index (χ1n) is 7.38. The third-order valence-corrected chi connectivity index (χ3v) is 5.19. The van der Waals surface area contributed by atoms with Crippen molar-refractivity contribution in [2.45, 2.75) is 30.7 Å². The number of thioether (sulfide) groups is 1. The number of hydrogen-bond donors (Lipinski definition) is 2. The van der Waals surface area contributed by atoms with Crippen molar-refractivity contribution in [2.24, 2.45) is 15.8 Å². The van der Waals surface area contributed by atoms with Gasteiger partial charge in [-0.15, -0.1) is 0 Å². The maximum Gasteiger partial charge on any atom is 0.324 e. The van der Waals surface area contributed by atoms with Gasteiger partial charge in [-0.3, -0.25) is 24.4 Å². The van der Waals surface area contributed by atoms with Crippen LogP contribution in [-0.2, 0) is 14.4 Å². The summed E-state index contributed by atoms with van der Waals surface area (Å²) in [5.74, 6) is -1.98. The highest BCUT2D eigenvalue weighted by molar-refractivity contribution is 8.16. The fourth-order valence-electron chi connectivity index (χ4n) is 2.87. The van der Waals surface area contributed by atoms with E-state index in [0.29, 0.717) is 18.1 Å². The van der Waals surface area contributed by atoms with Gasteiger partial charge < -0.3 is 15.7 Å². The quantitative estimate of drug-likeness (QED) is 0.681. The van der Waals surface area contributed by atoms with Crippen LogP contribution >= 0.6 is 11.8 Å². The van der Waals surface area contributed by atoms with Crippen LogP contribution in [0.1, 0.15) is 19.3 Å². The summed E-state index contributed by atoms with van der Waals surface area (Å²) in [5, 5.41) is 14.0. The molecule has 0 aliphatic carbocycles. The minimum Gasteiger partial charge on any atom is -0.480 e. The van der Waals surface area contributed by atoms with Crippen LogP contribution in [0.2, 0.25) is 0 Å². The Morgan fingerprint density at radius 3 is 2.57 bits per heavy atom. The number of fused-ring (bicyclic) bond motifs is 1. The van der Waals surface area contributed by atoms with Crippen molar-refractivity contribution < 1.29 is 19.5 Å². The molecule has 0 radical (unpaired) electrons. The normalized spacial score (nSPS) is 26.6. The highest BCUT2D eigenvalue weighted by atomic mass is 32.2. The van der Waals surface area contributed by atoms with Gasteiger partial charge in [0.25, 0.3) is 11.8 Å². The molecule has 124 valence electrons. The van der Waals surface area contributed by atoms with Crippen molar-refractivity contribution in [3.63, 3.8) is 0 Å². The molecule has 0 aromatic carbocycles. The zero-order chi connectivity index (χ0) is 16.6. The second kappa shape index (κ2) is 6.19. The summed E-state index contributed by atoms with van der Waals surface area (Å²) in [4.78, 5) is 41.0. The van der Waals surface area contributed by atoms with E-state index in [0.717, 1.165) is 31.0 Å². The molecule has 2 unspecified atom stereocenters. The molecule has 10 heteroatoms. The first kappa shape index (κ1) is 15.8. The minimum atomic E-state index is -1.07. The lowest BCUT2D eigenvalue weighted by Crippen LogP contribution is -2.39. The third kappa shape index (κ3) is 3.03. The number of carboxylic acids is 1. The SMILES string of the molecule is NC(=O)C1=NN(CC(=O)O)C2SC(C(=O)N3CCCCC3)=NC12. The number of carbonyl (C=O) groups excluding carboxylic acids is 2. The molecule has 3 aliphatic heterocycles. The Labute approximate surface area is 136 Å². The van der Waals surface area contributed by atoms with Crippen molar-refractivity contribution in [3.8, 4) is 0 Å². The molecular weight excluding hydrogens is 322 g/mol. The van der Waals surface area contributed by atoms with Crippen LogP contribution in [0.15, 0.2) is 10.1 Å². The average Bonchev–Trinajstić information content (AvgIpc) is 3.07. The van der Waals surface area contributed by atoms with E-state index in [1.54, 1.807) is 4.90 Å². The number of primary amides is 1. The number of nitrogens with zero attached hydrogens (tertiary/aromatic N) is 4. The van der Waals surface area contributed by atoms with Crippen LogP contribution in [0, 0.1) is 0 Å². The van der Waals surface area contributed by atoms with E-state index >= 15 is 0 Å². The maximum absolute atomic E-state index is 12.5. The van der Waals surface area contributed by atoms with Gasteiger partial charge in [-0.05, 0) is 19.3 Å². The molecule has 1 saturated heterocycles. The van der Waals surface area contributed by atoms with E-state index in [1.165, 1.54) is 5.01 Å². The molecule has 0 spiro atoms. The second-order valence-electron chi connectivity index (χ2n) is 5.58. The molecule has 3 N–H and O–H groups in total. The molecule has 0 aromatic rings. The Morgan fingerprint density at radius 2 is 1.96 bits per heavy atom. The summed E-state index contributed by atoms with van der Waals surface area (Å²) in [6.07, 6.45) is 3.05. The fraction of sp³-hybridized carbons (Fsp3) is 0.615. The molecule has 23 heavy (non-hydrogen) atoms. The predicted molar refractivity (Wildman–Crippen MR) is 84.0 cm³/mol. The molecule has 9 nitrogen and oxygen atoms in total. The number of aliphatic imine (C=N–C) groups is 1. The van der Waals surface area contributed by atoms with Gasteiger partial charge in [0.1, 0.15) is 18.0 Å². The van der Waals surface area contributed by atoms with Gasteiger partial charge >= 0.3 is 5.97 Å². The molecule has 2 atom stereocenters. The molecule has 0 bridgehead atoms. The summed E-state index contributed by atoms with van der Waals surface area (Å²) in [7, 11) is 0. The van der Waals surface area contributed by atoms with Crippen LogP contribution in [0.25, 0.3) is 0 Å². The molecular formula is C13H17N5O4S. The predicted octanol–water partition coefficient (Wildman–Crippen LogP) is -0.920. The number of hydrogen-bond acceptors (Lipinski definition) is 7. The number of carbonyl (C=O) groups is 3. The molecule has 2 amide bonds. The molecule has 3 heterocycles. The first-order valence-corrected chi connectivity index (χ1v) is 8.26. The van der Waals surface area contributed by atoms with Crippen molar-refractivity contribution in [1.82, 2.24) is 9.91 Å². The van der Waals surface area contributed by atoms with Gasteiger partial charge in [0.15, 0.2) is 10.8 Å². The van der Waals surface area contributed by atoms with Crippen molar-refractivity contribution in [3.05, 3.63) is 0 Å². The number of rotatable bonds is 4. The number of carboxylic acid groups (broad SMARTS) is 1. The standard InChI is InChI=1S/C13H17N5O4S/c14-10(21)8-9-13(18(16-8)6-7(19)20)23-11(15-9)12(22)17-4-2-1-3-5-17/h9,13H,1-6H2,(H2,14,21)(H,19,20). The largest absolute Gasteiger partial charge is 0.480 e. The first-order chi connectivity index (χ1) is 11.0. The Bertz CT molecular complexity index is 613. The van der Waals surface area contributed by atoms with Gasteiger partial charge in [-0.25, -0.2) is 0 Å². The van der Waals surface area contributed by atoms with Crippen LogP contribution in [-0.4, -0.2) is 74.6 Å². The van der Waals surface area contributed by atoms with E-state index in [9.17, 15) is 14.4 Å². The van der Waals surface area contributed by atoms with Crippen LogP contribution in [0.4, 0.5) is 0 Å². The van der Waals surface area contributed by atoms with Gasteiger partial charge in [-0.2, -0.15) is 5.10 Å². The summed E-state index contributed by atoms with van der Waals surface area (Å²) in [6, 6.07) is -0.680. The summed E-state index contributed by atoms with van der Waals surface area (Å²) < 4.78 is 0. The number of aliphatic carboxylic acids is 1. The lowest BCUT2D eigenvalue weighted by atomic mass is 10.1. The number of piperidine rings is 1. The smallest absolute Gasteiger partial charge is 0.324 e. The summed E-state index contributed by atoms with van der Waals surface area (Å²) in [5.41, 5.74) is 5.30. The van der Waals surface area contributed by atoms with Crippen LogP contribution < -0.4 is 5.73 Å². The number of likely N-dealkylation sites (tertiary alicyclic amines) is 1. The molecule has 3 aliphatic rings. The lowest BCUT2D eigenvalue weighted by Gasteiger charge is -2.26. The average molecular weight is 339 g/mol. The Kier molecular flexibility index (Phi) is 4.24. The number of nitrogens with two attached hydrogens (primary N) is 1. The highest BCUT2D eigenvalue weighted by Crippen LogP contribution is 2.36. The zero-order valence-electron chi connectivity index (χ0n) is 12.3.